The van der Waals surface area contributed by atoms with Crippen molar-refractivity contribution in [2.75, 3.05) is 10.8 Å². The third-order valence-electron chi connectivity index (χ3n) is 2.65. The van der Waals surface area contributed by atoms with Gasteiger partial charge in [-0.05, 0) is 18.2 Å². The summed E-state index contributed by atoms with van der Waals surface area (Å²) in [7, 11) is 0. The third-order valence-corrected chi connectivity index (χ3v) is 3.44. The first-order chi connectivity index (χ1) is 11.2. The molecule has 0 saturated carbocycles. The molecule has 0 bridgehead atoms. The molecule has 0 unspecified atom stereocenters. The number of hydrogen-bond acceptors (Lipinski definition) is 6. The summed E-state index contributed by atoms with van der Waals surface area (Å²) in [6.45, 7) is 1.21. The Morgan fingerprint density at radius 2 is 2.08 bits per heavy atom. The van der Waals surface area contributed by atoms with Gasteiger partial charge in [-0.1, -0.05) is 6.07 Å². The zero-order valence-electron chi connectivity index (χ0n) is 12.3. The summed E-state index contributed by atoms with van der Waals surface area (Å²) in [6, 6.07) is 4.35. The van der Waals surface area contributed by atoms with Crippen molar-refractivity contribution in [1.29, 1.82) is 0 Å². The minimum absolute atomic E-state index is 0.0447. The predicted octanol–water partition coefficient (Wildman–Crippen LogP) is 3.23. The highest BCUT2D eigenvalue weighted by atomic mass is 32.1. The Balaban J connectivity index is 1.95. The molecule has 1 aromatic carbocycles. The number of carbonyl (C=O) groups excluding carboxylic acids is 2. The molecular weight excluding hydrogens is 347 g/mol. The number of aromatic nitrogens is 1. The van der Waals surface area contributed by atoms with Gasteiger partial charge < -0.3 is 10.2 Å². The second-order valence-electron chi connectivity index (χ2n) is 4.64. The number of carbonyl (C=O) groups is 2. The quantitative estimate of drug-likeness (QED) is 0.801. The highest BCUT2D eigenvalue weighted by Crippen LogP contribution is 2.30. The van der Waals surface area contributed by atoms with Crippen molar-refractivity contribution in [3.8, 4) is 0 Å². The molecule has 0 spiro atoms. The summed E-state index contributed by atoms with van der Waals surface area (Å²) in [4.78, 5) is 31.1. The number of thiazole rings is 1. The van der Waals surface area contributed by atoms with Crippen molar-refractivity contribution in [2.24, 2.45) is 0 Å². The lowest BCUT2D eigenvalue weighted by molar-refractivity contribution is -0.138. The van der Waals surface area contributed by atoms with E-state index in [2.05, 4.69) is 20.6 Å². The number of nitrogens with zero attached hydrogens (tertiary/aromatic N) is 1. The highest BCUT2D eigenvalue weighted by molar-refractivity contribution is 7.13. The zero-order valence-corrected chi connectivity index (χ0v) is 13.1. The summed E-state index contributed by atoms with van der Waals surface area (Å²) in [6.07, 6.45) is -4.61. The first-order valence-corrected chi connectivity index (χ1v) is 7.47. The van der Waals surface area contributed by atoms with Gasteiger partial charge in [0.05, 0.1) is 17.7 Å². The topological polar surface area (TPSA) is 80.3 Å². The number of rotatable bonds is 5. The summed E-state index contributed by atoms with van der Waals surface area (Å²) in [5.74, 6) is -1.06. The average molecular weight is 359 g/mol. The van der Waals surface area contributed by atoms with Crippen LogP contribution in [0.1, 0.15) is 18.2 Å². The molecule has 10 heteroatoms. The predicted molar refractivity (Wildman–Crippen MR) is 81.3 cm³/mol. The van der Waals surface area contributed by atoms with E-state index in [9.17, 15) is 22.8 Å². The maximum absolute atomic E-state index is 12.6. The fourth-order valence-electron chi connectivity index (χ4n) is 1.69. The van der Waals surface area contributed by atoms with Crippen molar-refractivity contribution in [1.82, 2.24) is 4.98 Å². The van der Waals surface area contributed by atoms with E-state index in [-0.39, 0.29) is 17.2 Å². The molecule has 0 atom stereocenters. The Morgan fingerprint density at radius 3 is 2.75 bits per heavy atom. The number of amides is 1. The van der Waals surface area contributed by atoms with Gasteiger partial charge in [-0.25, -0.2) is 4.98 Å². The Bertz CT molecular complexity index is 746. The number of benzene rings is 1. The smallest absolute Gasteiger partial charge is 0.342 e. The summed E-state index contributed by atoms with van der Waals surface area (Å²) in [5, 5.41) is 4.23. The molecule has 0 radical (unpaired) electrons. The van der Waals surface area contributed by atoms with E-state index in [1.54, 1.807) is 5.38 Å². The van der Waals surface area contributed by atoms with E-state index in [0.29, 0.717) is 5.69 Å². The van der Waals surface area contributed by atoms with Crippen molar-refractivity contribution in [3.63, 3.8) is 0 Å². The van der Waals surface area contributed by atoms with Crippen LogP contribution in [0.2, 0.25) is 0 Å². The average Bonchev–Trinajstić information content (AvgIpc) is 2.92. The van der Waals surface area contributed by atoms with Crippen molar-refractivity contribution >= 4 is 34.0 Å². The van der Waals surface area contributed by atoms with Crippen LogP contribution in [0.4, 0.5) is 24.0 Å². The van der Waals surface area contributed by atoms with Gasteiger partial charge in [0.2, 0.25) is 11.0 Å². The SMILES string of the molecule is CC(=O)ONc1nc(CC(=O)Nc2cccc(C(F)(F)F)c2)cs1. The van der Waals surface area contributed by atoms with Crippen molar-refractivity contribution in [2.45, 2.75) is 19.5 Å². The maximum Gasteiger partial charge on any atom is 0.416 e. The van der Waals surface area contributed by atoms with Crippen LogP contribution < -0.4 is 10.8 Å². The van der Waals surface area contributed by atoms with E-state index < -0.39 is 23.6 Å². The molecular formula is C14H12F3N3O3S. The number of anilines is 2. The largest absolute Gasteiger partial charge is 0.416 e. The number of alkyl halides is 3. The summed E-state index contributed by atoms with van der Waals surface area (Å²) >= 11 is 1.12. The lowest BCUT2D eigenvalue weighted by Crippen LogP contribution is -2.15. The molecule has 24 heavy (non-hydrogen) atoms. The lowest BCUT2D eigenvalue weighted by atomic mass is 10.2. The van der Waals surface area contributed by atoms with Crippen LogP contribution in [0.25, 0.3) is 0 Å². The Labute approximate surface area is 138 Å². The standard InChI is InChI=1S/C14H12F3N3O3S/c1-8(21)23-20-13-19-11(7-24-13)6-12(22)18-10-4-2-3-9(5-10)14(15,16)17/h2-5,7H,6H2,1H3,(H,18,22)(H,19,20). The third kappa shape index (κ3) is 5.23. The lowest BCUT2D eigenvalue weighted by Gasteiger charge is -2.09. The van der Waals surface area contributed by atoms with Gasteiger partial charge in [-0.3, -0.25) is 9.59 Å². The Hall–Kier alpha value is -2.62. The zero-order chi connectivity index (χ0) is 17.7. The van der Waals surface area contributed by atoms with Gasteiger partial charge in [0.25, 0.3) is 0 Å². The maximum atomic E-state index is 12.6. The molecule has 1 aromatic heterocycles. The minimum atomic E-state index is -4.48. The molecule has 0 saturated heterocycles. The van der Waals surface area contributed by atoms with E-state index in [0.717, 1.165) is 23.5 Å². The number of nitrogens with one attached hydrogen (secondary N) is 2. The van der Waals surface area contributed by atoms with Gasteiger partial charge in [-0.2, -0.15) is 18.7 Å². The Morgan fingerprint density at radius 1 is 1.33 bits per heavy atom. The normalized spacial score (nSPS) is 11.0. The van der Waals surface area contributed by atoms with Gasteiger partial charge in [0, 0.05) is 18.0 Å². The molecule has 128 valence electrons. The van der Waals surface area contributed by atoms with Gasteiger partial charge in [0.15, 0.2) is 0 Å². The number of halogens is 3. The fraction of sp³-hybridized carbons (Fsp3) is 0.214. The van der Waals surface area contributed by atoms with E-state index >= 15 is 0 Å². The van der Waals surface area contributed by atoms with E-state index in [1.807, 2.05) is 0 Å². The highest BCUT2D eigenvalue weighted by Gasteiger charge is 2.30. The molecule has 0 aliphatic rings. The van der Waals surface area contributed by atoms with E-state index in [1.165, 1.54) is 19.1 Å². The molecule has 2 rings (SSSR count). The molecule has 0 aliphatic carbocycles. The van der Waals surface area contributed by atoms with Gasteiger partial charge in [0.1, 0.15) is 0 Å². The molecule has 2 aromatic rings. The van der Waals surface area contributed by atoms with Crippen LogP contribution >= 0.6 is 11.3 Å². The minimum Gasteiger partial charge on any atom is -0.342 e. The summed E-state index contributed by atoms with van der Waals surface area (Å²) in [5.41, 5.74) is 1.90. The first-order valence-electron chi connectivity index (χ1n) is 6.59. The monoisotopic (exact) mass is 359 g/mol. The summed E-state index contributed by atoms with van der Waals surface area (Å²) < 4.78 is 37.9. The van der Waals surface area contributed by atoms with Crippen LogP contribution in [-0.4, -0.2) is 16.9 Å². The van der Waals surface area contributed by atoms with Crippen LogP contribution in [0, 0.1) is 0 Å². The molecule has 0 aliphatic heterocycles. The van der Waals surface area contributed by atoms with E-state index in [4.69, 9.17) is 0 Å². The molecule has 2 N–H and O–H groups in total. The molecule has 0 fully saturated rings. The molecule has 1 heterocycles. The first kappa shape index (κ1) is 17.7. The van der Waals surface area contributed by atoms with Crippen LogP contribution in [-0.2, 0) is 27.0 Å². The second kappa shape index (κ2) is 7.30. The van der Waals surface area contributed by atoms with Crippen molar-refractivity contribution < 1.29 is 27.6 Å². The van der Waals surface area contributed by atoms with Crippen LogP contribution in [0.3, 0.4) is 0 Å². The Kier molecular flexibility index (Phi) is 5.39. The number of hydrogen-bond donors (Lipinski definition) is 2. The second-order valence-corrected chi connectivity index (χ2v) is 5.50. The van der Waals surface area contributed by atoms with Crippen LogP contribution in [0.5, 0.6) is 0 Å². The van der Waals surface area contributed by atoms with Gasteiger partial charge in [-0.15, -0.1) is 11.3 Å². The molecule has 1 amide bonds. The molecule has 6 nitrogen and oxygen atoms in total. The van der Waals surface area contributed by atoms with Crippen LogP contribution in [0.15, 0.2) is 29.6 Å². The van der Waals surface area contributed by atoms with Crippen molar-refractivity contribution in [3.05, 3.63) is 40.9 Å². The van der Waals surface area contributed by atoms with Gasteiger partial charge >= 0.3 is 12.1 Å². The fourth-order valence-corrected chi connectivity index (χ4v) is 2.34.